The van der Waals surface area contributed by atoms with Gasteiger partial charge < -0.3 is 20.8 Å². The molecule has 22 heavy (non-hydrogen) atoms. The molecule has 6 nitrogen and oxygen atoms in total. The van der Waals surface area contributed by atoms with Crippen molar-refractivity contribution in [2.24, 2.45) is 5.73 Å². The van der Waals surface area contributed by atoms with E-state index in [0.29, 0.717) is 6.04 Å². The topological polar surface area (TPSA) is 104 Å². The van der Waals surface area contributed by atoms with Gasteiger partial charge in [0, 0.05) is 6.04 Å². The third-order valence-corrected chi connectivity index (χ3v) is 3.53. The summed E-state index contributed by atoms with van der Waals surface area (Å²) >= 11 is 0. The van der Waals surface area contributed by atoms with E-state index in [1.807, 2.05) is 0 Å². The maximum atomic E-state index is 10.4. The Morgan fingerprint density at radius 3 is 2.09 bits per heavy atom. The van der Waals surface area contributed by atoms with Gasteiger partial charge in [-0.15, -0.1) is 0 Å². The van der Waals surface area contributed by atoms with Gasteiger partial charge in [0.2, 0.25) is 0 Å². The number of carboxylic acid groups (broad SMARTS) is 2. The zero-order valence-corrected chi connectivity index (χ0v) is 12.9. The van der Waals surface area contributed by atoms with Crippen molar-refractivity contribution in [3.8, 4) is 0 Å². The molecule has 122 valence electrons. The molecule has 4 N–H and O–H groups in total. The molecule has 1 fully saturated rings. The highest BCUT2D eigenvalue weighted by molar-refractivity contribution is 5.93. The van der Waals surface area contributed by atoms with Crippen LogP contribution in [0.15, 0.2) is 24.3 Å². The number of rotatable bonds is 4. The van der Waals surface area contributed by atoms with Crippen molar-refractivity contribution in [3.05, 3.63) is 35.4 Å². The molecule has 2 rings (SSSR count). The molecule has 0 amide bonds. The van der Waals surface area contributed by atoms with E-state index < -0.39 is 11.9 Å². The summed E-state index contributed by atoms with van der Waals surface area (Å²) in [5.74, 6) is -2.25. The summed E-state index contributed by atoms with van der Waals surface area (Å²) in [7, 11) is 0. The number of nitrogens with two attached hydrogens (primary N) is 1. The Hall–Kier alpha value is -1.92. The monoisotopic (exact) mass is 308 g/mol. The number of hydrogen-bond acceptors (Lipinski definition) is 4. The Bertz CT molecular complexity index is 467. The van der Waals surface area contributed by atoms with Gasteiger partial charge in [-0.3, -0.25) is 0 Å². The van der Waals surface area contributed by atoms with Gasteiger partial charge in [0.15, 0.2) is 0 Å². The van der Waals surface area contributed by atoms with Gasteiger partial charge in [0.25, 0.3) is 0 Å². The molecule has 0 spiro atoms. The molecule has 1 aliphatic rings. The number of piperidine rings is 1. The maximum absolute atomic E-state index is 10.4. The lowest BCUT2D eigenvalue weighted by atomic mass is 10.1. The van der Waals surface area contributed by atoms with E-state index in [1.165, 1.54) is 57.1 Å². The van der Waals surface area contributed by atoms with E-state index in [-0.39, 0.29) is 11.1 Å². The first-order chi connectivity index (χ1) is 10.4. The van der Waals surface area contributed by atoms with E-state index in [1.54, 1.807) is 0 Å². The largest absolute Gasteiger partial charge is 0.478 e. The molecule has 1 saturated heterocycles. The number of likely N-dealkylation sites (tertiary alicyclic amines) is 1. The van der Waals surface area contributed by atoms with E-state index in [4.69, 9.17) is 15.9 Å². The van der Waals surface area contributed by atoms with Crippen LogP contribution in [0.2, 0.25) is 0 Å². The number of benzene rings is 1. The molecule has 0 bridgehead atoms. The lowest BCUT2D eigenvalue weighted by molar-refractivity contribution is 0.0696. The lowest BCUT2D eigenvalue weighted by Crippen LogP contribution is -2.39. The molecule has 6 heteroatoms. The fourth-order valence-corrected chi connectivity index (χ4v) is 2.28. The average Bonchev–Trinajstić information content (AvgIpc) is 2.50. The van der Waals surface area contributed by atoms with Crippen LogP contribution in [0.1, 0.15) is 46.9 Å². The van der Waals surface area contributed by atoms with Gasteiger partial charge in [-0.2, -0.15) is 0 Å². The highest BCUT2D eigenvalue weighted by Crippen LogP contribution is 2.07. The standard InChI is InChI=1S/C8H18N2.C8H6O4/c1-2-5-10-6-3-8(9)4-7-10;9-7(10)5-2-1-3-6(4-5)8(11)12/h8H,2-7,9H2,1H3;1-4H,(H,9,10)(H,11,12). The SMILES string of the molecule is CCCN1CCC(N)CC1.O=C(O)c1cccc(C(=O)O)c1. The van der Waals surface area contributed by atoms with Crippen LogP contribution in [0, 0.1) is 0 Å². The summed E-state index contributed by atoms with van der Waals surface area (Å²) in [4.78, 5) is 23.3. The van der Waals surface area contributed by atoms with Gasteiger partial charge in [-0.25, -0.2) is 9.59 Å². The van der Waals surface area contributed by atoms with Crippen LogP contribution in [-0.4, -0.2) is 52.7 Å². The molecule has 0 unspecified atom stereocenters. The quantitative estimate of drug-likeness (QED) is 0.785. The smallest absolute Gasteiger partial charge is 0.335 e. The van der Waals surface area contributed by atoms with Crippen LogP contribution in [0.5, 0.6) is 0 Å². The minimum absolute atomic E-state index is 0.0186. The summed E-state index contributed by atoms with van der Waals surface area (Å²) in [6.45, 7) is 5.92. The van der Waals surface area contributed by atoms with Crippen molar-refractivity contribution in [2.45, 2.75) is 32.2 Å². The van der Waals surface area contributed by atoms with Gasteiger partial charge >= 0.3 is 11.9 Å². The fourth-order valence-electron chi connectivity index (χ4n) is 2.28. The number of nitrogens with zero attached hydrogens (tertiary/aromatic N) is 1. The predicted octanol–water partition coefficient (Wildman–Crippen LogP) is 1.90. The second kappa shape index (κ2) is 9.17. The molecule has 1 heterocycles. The molecule has 0 aliphatic carbocycles. The minimum atomic E-state index is -1.13. The Labute approximate surface area is 130 Å². The van der Waals surface area contributed by atoms with Crippen molar-refractivity contribution >= 4 is 11.9 Å². The van der Waals surface area contributed by atoms with Crippen molar-refractivity contribution < 1.29 is 19.8 Å². The normalized spacial score (nSPS) is 15.7. The molecule has 1 aromatic carbocycles. The average molecular weight is 308 g/mol. The van der Waals surface area contributed by atoms with Gasteiger partial charge in [0.1, 0.15) is 0 Å². The zero-order chi connectivity index (χ0) is 16.5. The second-order valence-electron chi connectivity index (χ2n) is 5.37. The van der Waals surface area contributed by atoms with Crippen LogP contribution >= 0.6 is 0 Å². The van der Waals surface area contributed by atoms with Gasteiger partial charge in [-0.1, -0.05) is 13.0 Å². The molecular formula is C16H24N2O4. The molecule has 0 radical (unpaired) electrons. The number of carbonyl (C=O) groups is 2. The van der Waals surface area contributed by atoms with Crippen LogP contribution in [0.25, 0.3) is 0 Å². The third-order valence-electron chi connectivity index (χ3n) is 3.53. The van der Waals surface area contributed by atoms with E-state index in [0.717, 1.165) is 6.07 Å². The third kappa shape index (κ3) is 6.24. The number of carboxylic acids is 2. The molecule has 0 aromatic heterocycles. The number of hydrogen-bond donors (Lipinski definition) is 3. The van der Waals surface area contributed by atoms with Crippen molar-refractivity contribution in [3.63, 3.8) is 0 Å². The first-order valence-corrected chi connectivity index (χ1v) is 7.48. The van der Waals surface area contributed by atoms with Gasteiger partial charge in [0.05, 0.1) is 11.1 Å². The lowest BCUT2D eigenvalue weighted by Gasteiger charge is -2.29. The molecule has 1 aromatic rings. The highest BCUT2D eigenvalue weighted by atomic mass is 16.4. The summed E-state index contributed by atoms with van der Waals surface area (Å²) in [6.07, 6.45) is 3.66. The van der Waals surface area contributed by atoms with E-state index in [2.05, 4.69) is 11.8 Å². The van der Waals surface area contributed by atoms with E-state index in [9.17, 15) is 9.59 Å². The number of aromatic carboxylic acids is 2. The zero-order valence-electron chi connectivity index (χ0n) is 12.9. The molecule has 1 aliphatic heterocycles. The van der Waals surface area contributed by atoms with Gasteiger partial charge in [-0.05, 0) is 57.1 Å². The molecule has 0 saturated carbocycles. The summed E-state index contributed by atoms with van der Waals surface area (Å²) in [5.41, 5.74) is 5.73. The summed E-state index contributed by atoms with van der Waals surface area (Å²) < 4.78 is 0. The van der Waals surface area contributed by atoms with Crippen LogP contribution in [0.3, 0.4) is 0 Å². The van der Waals surface area contributed by atoms with Crippen LogP contribution in [-0.2, 0) is 0 Å². The minimum Gasteiger partial charge on any atom is -0.478 e. The summed E-state index contributed by atoms with van der Waals surface area (Å²) in [6, 6.07) is 5.68. The Morgan fingerprint density at radius 1 is 1.18 bits per heavy atom. The highest BCUT2D eigenvalue weighted by Gasteiger charge is 2.14. The maximum Gasteiger partial charge on any atom is 0.335 e. The second-order valence-corrected chi connectivity index (χ2v) is 5.37. The predicted molar refractivity (Wildman–Crippen MR) is 84.3 cm³/mol. The van der Waals surface area contributed by atoms with E-state index >= 15 is 0 Å². The van der Waals surface area contributed by atoms with Crippen LogP contribution in [0.4, 0.5) is 0 Å². The fraction of sp³-hybridized carbons (Fsp3) is 0.500. The van der Waals surface area contributed by atoms with Crippen molar-refractivity contribution in [1.29, 1.82) is 0 Å². The Balaban J connectivity index is 0.000000224. The molecule has 0 atom stereocenters. The first-order valence-electron chi connectivity index (χ1n) is 7.48. The summed E-state index contributed by atoms with van der Waals surface area (Å²) in [5, 5.41) is 17.0. The Kier molecular flexibility index (Phi) is 7.56. The Morgan fingerprint density at radius 2 is 1.68 bits per heavy atom. The van der Waals surface area contributed by atoms with Crippen molar-refractivity contribution in [2.75, 3.05) is 19.6 Å². The molecular weight excluding hydrogens is 284 g/mol. The van der Waals surface area contributed by atoms with Crippen molar-refractivity contribution in [1.82, 2.24) is 4.90 Å². The first kappa shape index (κ1) is 18.1. The van der Waals surface area contributed by atoms with Crippen LogP contribution < -0.4 is 5.73 Å².